The highest BCUT2D eigenvalue weighted by Crippen LogP contribution is 2.07. The van der Waals surface area contributed by atoms with Crippen molar-refractivity contribution in [3.8, 4) is 0 Å². The number of nitrogens with one attached hydrogen (secondary N) is 1. The zero-order chi connectivity index (χ0) is 11.6. The number of nitrogens with zero attached hydrogens (tertiary/aromatic N) is 2. The van der Waals surface area contributed by atoms with E-state index in [-0.39, 0.29) is 11.6 Å². The number of hydrogen-bond donors (Lipinski definition) is 2. The van der Waals surface area contributed by atoms with Gasteiger partial charge in [0, 0.05) is 19.3 Å². The second kappa shape index (κ2) is 4.30. The average Bonchev–Trinajstić information content (AvgIpc) is 2.47. The van der Waals surface area contributed by atoms with Gasteiger partial charge in [-0.1, -0.05) is 0 Å². The first-order valence-corrected chi connectivity index (χ1v) is 5.98. The second-order valence-electron chi connectivity index (χ2n) is 3.44. The van der Waals surface area contributed by atoms with Crippen molar-refractivity contribution < 1.29 is 13.5 Å². The highest BCUT2D eigenvalue weighted by molar-refractivity contribution is 7.89. The molecule has 6 nitrogen and oxygen atoms in total. The number of hydrogen-bond acceptors (Lipinski definition) is 4. The molecule has 0 fully saturated rings. The highest BCUT2D eigenvalue weighted by atomic mass is 32.2. The summed E-state index contributed by atoms with van der Waals surface area (Å²) in [5.74, 6) is 0.618. The van der Waals surface area contributed by atoms with Crippen LogP contribution in [0.15, 0.2) is 11.2 Å². The summed E-state index contributed by atoms with van der Waals surface area (Å²) in [6.45, 7) is 3.05. The molecule has 0 aliphatic rings. The summed E-state index contributed by atoms with van der Waals surface area (Å²) >= 11 is 0. The van der Waals surface area contributed by atoms with Crippen LogP contribution in [0, 0.1) is 6.92 Å². The van der Waals surface area contributed by atoms with Crippen molar-refractivity contribution in [2.24, 2.45) is 7.05 Å². The maximum Gasteiger partial charge on any atom is 0.259 e. The Labute approximate surface area is 89.0 Å². The number of aryl methyl sites for hydroxylation is 2. The minimum atomic E-state index is -3.62. The van der Waals surface area contributed by atoms with Gasteiger partial charge in [-0.15, -0.1) is 0 Å². The molecule has 0 aliphatic heterocycles. The van der Waals surface area contributed by atoms with Crippen LogP contribution in [-0.4, -0.2) is 35.7 Å². The molecule has 1 aromatic rings. The standard InChI is InChI=1S/C8H15N3O3S/c1-6(5-12)10-15(13,14)8-4-11(3)7(2)9-8/h4,6,10,12H,5H2,1-3H3/t6-/m0/s1. The Bertz CT molecular complexity index is 418. The van der Waals surface area contributed by atoms with E-state index in [0.29, 0.717) is 5.82 Å². The molecule has 0 unspecified atom stereocenters. The molecule has 0 aliphatic carbocycles. The fourth-order valence-corrected chi connectivity index (χ4v) is 2.29. The van der Waals surface area contributed by atoms with Crippen LogP contribution in [0.4, 0.5) is 0 Å². The lowest BCUT2D eigenvalue weighted by atomic mass is 10.4. The summed E-state index contributed by atoms with van der Waals surface area (Å²) < 4.78 is 27.3. The number of aliphatic hydroxyl groups is 1. The van der Waals surface area contributed by atoms with Crippen LogP contribution in [0.5, 0.6) is 0 Å². The van der Waals surface area contributed by atoms with E-state index in [1.807, 2.05) is 0 Å². The molecule has 0 saturated carbocycles. The summed E-state index contributed by atoms with van der Waals surface area (Å²) in [4.78, 5) is 3.90. The molecule has 0 amide bonds. The van der Waals surface area contributed by atoms with Crippen LogP contribution >= 0.6 is 0 Å². The smallest absolute Gasteiger partial charge is 0.259 e. The zero-order valence-corrected chi connectivity index (χ0v) is 9.74. The van der Waals surface area contributed by atoms with Gasteiger partial charge in [-0.05, 0) is 13.8 Å². The van der Waals surface area contributed by atoms with Crippen molar-refractivity contribution in [1.82, 2.24) is 14.3 Å². The Morgan fingerprint density at radius 2 is 2.27 bits per heavy atom. The Morgan fingerprint density at radius 3 is 2.67 bits per heavy atom. The minimum Gasteiger partial charge on any atom is -0.395 e. The van der Waals surface area contributed by atoms with Gasteiger partial charge in [0.15, 0.2) is 5.03 Å². The van der Waals surface area contributed by atoms with E-state index >= 15 is 0 Å². The van der Waals surface area contributed by atoms with Crippen molar-refractivity contribution in [3.05, 3.63) is 12.0 Å². The van der Waals surface area contributed by atoms with Crippen LogP contribution in [0.25, 0.3) is 0 Å². The average molecular weight is 233 g/mol. The van der Waals surface area contributed by atoms with Crippen LogP contribution < -0.4 is 4.72 Å². The summed E-state index contributed by atoms with van der Waals surface area (Å²) in [6, 6.07) is -0.516. The molecule has 15 heavy (non-hydrogen) atoms. The maximum absolute atomic E-state index is 11.7. The van der Waals surface area contributed by atoms with Gasteiger partial charge in [0.05, 0.1) is 6.61 Å². The first-order valence-electron chi connectivity index (χ1n) is 4.50. The molecule has 86 valence electrons. The molecular weight excluding hydrogens is 218 g/mol. The predicted molar refractivity (Wildman–Crippen MR) is 54.8 cm³/mol. The molecule has 1 aromatic heterocycles. The summed E-state index contributed by atoms with van der Waals surface area (Å²) in [5, 5.41) is 8.73. The van der Waals surface area contributed by atoms with E-state index in [9.17, 15) is 8.42 Å². The van der Waals surface area contributed by atoms with Crippen molar-refractivity contribution in [1.29, 1.82) is 0 Å². The van der Waals surface area contributed by atoms with Gasteiger partial charge in [0.2, 0.25) is 0 Å². The molecule has 1 heterocycles. The Kier molecular flexibility index (Phi) is 3.48. The molecule has 7 heteroatoms. The van der Waals surface area contributed by atoms with Crippen LogP contribution in [0.2, 0.25) is 0 Å². The van der Waals surface area contributed by atoms with Crippen LogP contribution in [0.1, 0.15) is 12.7 Å². The molecule has 0 spiro atoms. The van der Waals surface area contributed by atoms with E-state index in [0.717, 1.165) is 0 Å². The van der Waals surface area contributed by atoms with E-state index in [2.05, 4.69) is 9.71 Å². The monoisotopic (exact) mass is 233 g/mol. The first-order chi connectivity index (χ1) is 6.86. The van der Waals surface area contributed by atoms with E-state index in [1.165, 1.54) is 6.20 Å². The molecule has 1 rings (SSSR count). The Balaban J connectivity index is 2.96. The topological polar surface area (TPSA) is 84.2 Å². The van der Waals surface area contributed by atoms with Gasteiger partial charge < -0.3 is 9.67 Å². The fraction of sp³-hybridized carbons (Fsp3) is 0.625. The predicted octanol–water partition coefficient (Wildman–Crippen LogP) is -0.612. The first kappa shape index (κ1) is 12.2. The Morgan fingerprint density at radius 1 is 1.67 bits per heavy atom. The van der Waals surface area contributed by atoms with Crippen molar-refractivity contribution >= 4 is 10.0 Å². The van der Waals surface area contributed by atoms with E-state index in [4.69, 9.17) is 5.11 Å². The third-order valence-electron chi connectivity index (χ3n) is 1.99. The number of imidazole rings is 1. The van der Waals surface area contributed by atoms with E-state index < -0.39 is 16.1 Å². The number of aliphatic hydroxyl groups excluding tert-OH is 1. The van der Waals surface area contributed by atoms with Gasteiger partial charge in [0.25, 0.3) is 10.0 Å². The van der Waals surface area contributed by atoms with Crippen molar-refractivity contribution in [3.63, 3.8) is 0 Å². The third kappa shape index (κ3) is 2.77. The summed E-state index contributed by atoms with van der Waals surface area (Å²) in [7, 11) is -1.90. The maximum atomic E-state index is 11.7. The van der Waals surface area contributed by atoms with Crippen LogP contribution in [0.3, 0.4) is 0 Å². The number of aromatic nitrogens is 2. The molecule has 0 radical (unpaired) electrons. The lowest BCUT2D eigenvalue weighted by Crippen LogP contribution is -2.35. The van der Waals surface area contributed by atoms with Gasteiger partial charge in [-0.2, -0.15) is 0 Å². The van der Waals surface area contributed by atoms with Crippen LogP contribution in [-0.2, 0) is 17.1 Å². The molecule has 1 atom stereocenters. The summed E-state index contributed by atoms with van der Waals surface area (Å²) in [5.41, 5.74) is 0. The lowest BCUT2D eigenvalue weighted by Gasteiger charge is -2.08. The molecule has 0 saturated heterocycles. The largest absolute Gasteiger partial charge is 0.395 e. The second-order valence-corrected chi connectivity index (χ2v) is 5.10. The zero-order valence-electron chi connectivity index (χ0n) is 8.93. The van der Waals surface area contributed by atoms with Gasteiger partial charge >= 0.3 is 0 Å². The number of rotatable bonds is 4. The van der Waals surface area contributed by atoms with Gasteiger partial charge in [0.1, 0.15) is 5.82 Å². The highest BCUT2D eigenvalue weighted by Gasteiger charge is 2.20. The van der Waals surface area contributed by atoms with Crippen molar-refractivity contribution in [2.45, 2.75) is 24.9 Å². The third-order valence-corrected chi connectivity index (χ3v) is 3.45. The quantitative estimate of drug-likeness (QED) is 0.726. The molecular formula is C8H15N3O3S. The normalized spacial score (nSPS) is 14.1. The van der Waals surface area contributed by atoms with Gasteiger partial charge in [-0.3, -0.25) is 0 Å². The van der Waals surface area contributed by atoms with E-state index in [1.54, 1.807) is 25.5 Å². The molecule has 2 N–H and O–H groups in total. The summed E-state index contributed by atoms with van der Waals surface area (Å²) in [6.07, 6.45) is 1.43. The van der Waals surface area contributed by atoms with Crippen molar-refractivity contribution in [2.75, 3.05) is 6.61 Å². The fourth-order valence-electron chi connectivity index (χ4n) is 1.02. The minimum absolute atomic E-state index is 0.0252. The number of sulfonamides is 1. The molecule has 0 bridgehead atoms. The SMILES string of the molecule is Cc1nc(S(=O)(=O)N[C@@H](C)CO)cn1C. The lowest BCUT2D eigenvalue weighted by molar-refractivity contribution is 0.265. The Hall–Kier alpha value is -0.920. The van der Waals surface area contributed by atoms with Gasteiger partial charge in [-0.25, -0.2) is 18.1 Å². The molecule has 0 aromatic carbocycles.